The summed E-state index contributed by atoms with van der Waals surface area (Å²) in [6.07, 6.45) is 1.75. The SMILES string of the molecule is O=[N+]([O-])c1cc(Br)ccc1S(=O)(=O)NCCC1CCNC1. The van der Waals surface area contributed by atoms with Crippen LogP contribution in [0.15, 0.2) is 27.6 Å². The Kier molecular flexibility index (Phi) is 5.31. The lowest BCUT2D eigenvalue weighted by atomic mass is 10.1. The molecule has 1 aliphatic rings. The highest BCUT2D eigenvalue weighted by Crippen LogP contribution is 2.27. The van der Waals surface area contributed by atoms with Crippen LogP contribution in [0.5, 0.6) is 0 Å². The van der Waals surface area contributed by atoms with Gasteiger partial charge >= 0.3 is 0 Å². The van der Waals surface area contributed by atoms with Gasteiger partial charge in [0.25, 0.3) is 5.69 Å². The second-order valence-corrected chi connectivity index (χ2v) is 7.57. The van der Waals surface area contributed by atoms with E-state index in [0.717, 1.165) is 25.9 Å². The molecule has 0 aromatic heterocycles. The first-order chi connectivity index (χ1) is 9.90. The van der Waals surface area contributed by atoms with Gasteiger partial charge in [0.15, 0.2) is 4.90 Å². The van der Waals surface area contributed by atoms with Crippen LogP contribution in [0.3, 0.4) is 0 Å². The van der Waals surface area contributed by atoms with Crippen molar-refractivity contribution in [1.29, 1.82) is 0 Å². The predicted molar refractivity (Wildman–Crippen MR) is 81.6 cm³/mol. The van der Waals surface area contributed by atoms with Crippen molar-refractivity contribution in [3.05, 3.63) is 32.8 Å². The number of nitro benzene ring substituents is 1. The molecular weight excluding hydrogens is 362 g/mol. The third-order valence-corrected chi connectivity index (χ3v) is 5.42. The molecule has 1 heterocycles. The van der Waals surface area contributed by atoms with Gasteiger partial charge in [0.05, 0.1) is 4.92 Å². The van der Waals surface area contributed by atoms with E-state index in [-0.39, 0.29) is 11.4 Å². The molecule has 9 heteroatoms. The van der Waals surface area contributed by atoms with Gasteiger partial charge in [0.2, 0.25) is 10.0 Å². The van der Waals surface area contributed by atoms with E-state index < -0.39 is 20.6 Å². The third kappa shape index (κ3) is 4.22. The van der Waals surface area contributed by atoms with Crippen molar-refractivity contribution in [1.82, 2.24) is 10.0 Å². The van der Waals surface area contributed by atoms with E-state index in [1.807, 2.05) is 0 Å². The van der Waals surface area contributed by atoms with Gasteiger partial charge in [-0.05, 0) is 44.0 Å². The zero-order chi connectivity index (χ0) is 15.5. The van der Waals surface area contributed by atoms with E-state index in [1.54, 1.807) is 0 Å². The molecule has 1 unspecified atom stereocenters. The molecule has 0 spiro atoms. The first-order valence-electron chi connectivity index (χ1n) is 6.54. The van der Waals surface area contributed by atoms with Gasteiger partial charge < -0.3 is 5.32 Å². The Morgan fingerprint density at radius 3 is 2.86 bits per heavy atom. The van der Waals surface area contributed by atoms with E-state index >= 15 is 0 Å². The fourth-order valence-electron chi connectivity index (χ4n) is 2.30. The highest BCUT2D eigenvalue weighted by molar-refractivity contribution is 9.10. The molecule has 1 aromatic carbocycles. The van der Waals surface area contributed by atoms with Crippen molar-refractivity contribution in [3.63, 3.8) is 0 Å². The first-order valence-corrected chi connectivity index (χ1v) is 8.82. The molecular formula is C12H16BrN3O4S. The zero-order valence-electron chi connectivity index (χ0n) is 11.2. The normalized spacial score (nSPS) is 18.8. The van der Waals surface area contributed by atoms with Gasteiger partial charge in [-0.15, -0.1) is 0 Å². The summed E-state index contributed by atoms with van der Waals surface area (Å²) in [5.41, 5.74) is -0.431. The monoisotopic (exact) mass is 377 g/mol. The molecule has 21 heavy (non-hydrogen) atoms. The lowest BCUT2D eigenvalue weighted by molar-refractivity contribution is -0.387. The van der Waals surface area contributed by atoms with Gasteiger partial charge in [-0.3, -0.25) is 10.1 Å². The largest absolute Gasteiger partial charge is 0.316 e. The molecule has 1 aromatic rings. The minimum Gasteiger partial charge on any atom is -0.316 e. The average molecular weight is 378 g/mol. The highest BCUT2D eigenvalue weighted by Gasteiger charge is 2.26. The van der Waals surface area contributed by atoms with Crippen molar-refractivity contribution in [2.45, 2.75) is 17.7 Å². The molecule has 2 N–H and O–H groups in total. The molecule has 1 aliphatic heterocycles. The number of halogens is 1. The smallest absolute Gasteiger partial charge is 0.290 e. The van der Waals surface area contributed by atoms with Crippen molar-refractivity contribution in [3.8, 4) is 0 Å². The van der Waals surface area contributed by atoms with Crippen LogP contribution in [0.2, 0.25) is 0 Å². The number of nitrogens with zero attached hydrogens (tertiary/aromatic N) is 1. The molecule has 2 rings (SSSR count). The fraction of sp³-hybridized carbons (Fsp3) is 0.500. The Bertz CT molecular complexity index is 629. The van der Waals surface area contributed by atoms with E-state index in [1.165, 1.54) is 18.2 Å². The summed E-state index contributed by atoms with van der Waals surface area (Å²) < 4.78 is 27.3. The number of nitro groups is 1. The summed E-state index contributed by atoms with van der Waals surface area (Å²) in [7, 11) is -3.88. The molecule has 0 aliphatic carbocycles. The number of benzene rings is 1. The quantitative estimate of drug-likeness (QED) is 0.579. The van der Waals surface area contributed by atoms with Crippen LogP contribution in [0.4, 0.5) is 5.69 Å². The van der Waals surface area contributed by atoms with Gasteiger partial charge in [0.1, 0.15) is 0 Å². The van der Waals surface area contributed by atoms with Crippen LogP contribution in [-0.2, 0) is 10.0 Å². The summed E-state index contributed by atoms with van der Waals surface area (Å²) in [5, 5.41) is 14.2. The van der Waals surface area contributed by atoms with Gasteiger partial charge in [0, 0.05) is 17.1 Å². The van der Waals surface area contributed by atoms with Crippen LogP contribution >= 0.6 is 15.9 Å². The molecule has 7 nitrogen and oxygen atoms in total. The minimum atomic E-state index is -3.88. The minimum absolute atomic E-state index is 0.280. The standard InChI is InChI=1S/C12H16BrN3O4S/c13-10-1-2-12(11(7-10)16(17)18)21(19,20)15-6-4-9-3-5-14-8-9/h1-2,7,9,14-15H,3-6,8H2. The van der Waals surface area contributed by atoms with E-state index in [4.69, 9.17) is 0 Å². The number of hydrogen-bond donors (Lipinski definition) is 2. The van der Waals surface area contributed by atoms with Crippen LogP contribution in [0, 0.1) is 16.0 Å². The molecule has 1 saturated heterocycles. The Balaban J connectivity index is 2.09. The van der Waals surface area contributed by atoms with Gasteiger partial charge in [-0.2, -0.15) is 0 Å². The van der Waals surface area contributed by atoms with Crippen molar-refractivity contribution in [2.75, 3.05) is 19.6 Å². The summed E-state index contributed by atoms with van der Waals surface area (Å²) in [6, 6.07) is 3.90. The summed E-state index contributed by atoms with van der Waals surface area (Å²) in [4.78, 5) is 9.99. The zero-order valence-corrected chi connectivity index (χ0v) is 13.6. The summed E-state index contributed by atoms with van der Waals surface area (Å²) in [5.74, 6) is 0.451. The molecule has 116 valence electrons. The molecule has 1 fully saturated rings. The third-order valence-electron chi connectivity index (χ3n) is 3.41. The van der Waals surface area contributed by atoms with E-state index in [0.29, 0.717) is 10.4 Å². The second kappa shape index (κ2) is 6.82. The highest BCUT2D eigenvalue weighted by atomic mass is 79.9. The Labute approximate surface area is 131 Å². The molecule has 0 amide bonds. The van der Waals surface area contributed by atoms with Crippen LogP contribution in [0.25, 0.3) is 0 Å². The number of sulfonamides is 1. The van der Waals surface area contributed by atoms with Crippen molar-refractivity contribution < 1.29 is 13.3 Å². The Hall–Kier alpha value is -1.03. The topological polar surface area (TPSA) is 101 Å². The second-order valence-electron chi connectivity index (χ2n) is 4.91. The lowest BCUT2D eigenvalue weighted by Crippen LogP contribution is -2.27. The predicted octanol–water partition coefficient (Wildman–Crippen LogP) is 1.64. The Morgan fingerprint density at radius 2 is 2.24 bits per heavy atom. The van der Waals surface area contributed by atoms with Crippen LogP contribution in [0.1, 0.15) is 12.8 Å². The molecule has 0 radical (unpaired) electrons. The van der Waals surface area contributed by atoms with E-state index in [9.17, 15) is 18.5 Å². The van der Waals surface area contributed by atoms with Crippen LogP contribution < -0.4 is 10.0 Å². The van der Waals surface area contributed by atoms with Crippen molar-refractivity contribution in [2.24, 2.45) is 5.92 Å². The summed E-state index contributed by atoms with van der Waals surface area (Å²) in [6.45, 7) is 2.12. The molecule has 1 atom stereocenters. The first kappa shape index (κ1) is 16.3. The molecule has 0 saturated carbocycles. The number of hydrogen-bond acceptors (Lipinski definition) is 5. The van der Waals surface area contributed by atoms with Gasteiger partial charge in [-0.1, -0.05) is 15.9 Å². The lowest BCUT2D eigenvalue weighted by Gasteiger charge is -2.10. The summed E-state index contributed by atoms with van der Waals surface area (Å²) >= 11 is 3.10. The average Bonchev–Trinajstić information content (AvgIpc) is 2.91. The van der Waals surface area contributed by atoms with Gasteiger partial charge in [-0.25, -0.2) is 13.1 Å². The molecule has 0 bridgehead atoms. The van der Waals surface area contributed by atoms with E-state index in [2.05, 4.69) is 26.0 Å². The maximum Gasteiger partial charge on any atom is 0.290 e. The maximum absolute atomic E-state index is 12.2. The Morgan fingerprint density at radius 1 is 1.48 bits per heavy atom. The fourth-order valence-corrected chi connectivity index (χ4v) is 3.84. The number of rotatable bonds is 6. The number of nitrogens with one attached hydrogen (secondary N) is 2. The maximum atomic E-state index is 12.2. The van der Waals surface area contributed by atoms with Crippen molar-refractivity contribution >= 4 is 31.6 Å². The van der Waals surface area contributed by atoms with Crippen LogP contribution in [-0.4, -0.2) is 33.0 Å².